The second-order valence-electron chi connectivity index (χ2n) is 3.27. The van der Waals surface area contributed by atoms with Crippen LogP contribution in [0.4, 0.5) is 0 Å². The van der Waals surface area contributed by atoms with Crippen molar-refractivity contribution in [2.24, 2.45) is 0 Å². The summed E-state index contributed by atoms with van der Waals surface area (Å²) in [4.78, 5) is 27.0. The van der Waals surface area contributed by atoms with Gasteiger partial charge in [-0.15, -0.1) is 11.3 Å². The average Bonchev–Trinajstić information content (AvgIpc) is 2.99. The molecule has 0 saturated heterocycles. The highest BCUT2D eigenvalue weighted by atomic mass is 32.2. The molecule has 0 aliphatic carbocycles. The Morgan fingerprint density at radius 1 is 1.58 bits per heavy atom. The van der Waals surface area contributed by atoms with Crippen LogP contribution < -0.4 is 0 Å². The summed E-state index contributed by atoms with van der Waals surface area (Å²) in [7, 11) is 0. The molecule has 0 amide bonds. The van der Waals surface area contributed by atoms with Gasteiger partial charge in [-0.05, 0) is 24.8 Å². The molecule has 0 bridgehead atoms. The van der Waals surface area contributed by atoms with Crippen molar-refractivity contribution in [3.8, 4) is 0 Å². The number of thiophene rings is 1. The zero-order valence-electron chi connectivity index (χ0n) is 9.78. The van der Waals surface area contributed by atoms with E-state index in [0.717, 1.165) is 23.1 Å². The molecule has 100 valence electrons. The number of carboxylic acid groups (broad SMARTS) is 1. The highest BCUT2D eigenvalue weighted by Crippen LogP contribution is 2.30. The van der Waals surface area contributed by atoms with Crippen molar-refractivity contribution in [2.75, 3.05) is 6.61 Å². The molecule has 2 heterocycles. The predicted molar refractivity (Wildman–Crippen MR) is 67.9 cm³/mol. The van der Waals surface area contributed by atoms with Gasteiger partial charge in [-0.25, -0.2) is 9.59 Å². The van der Waals surface area contributed by atoms with E-state index in [4.69, 9.17) is 14.3 Å². The molecular weight excluding hydrogens is 290 g/mol. The molecule has 19 heavy (non-hydrogen) atoms. The van der Waals surface area contributed by atoms with Gasteiger partial charge in [0.1, 0.15) is 11.1 Å². The summed E-state index contributed by atoms with van der Waals surface area (Å²) in [6.45, 7) is 1.97. The zero-order valence-corrected chi connectivity index (χ0v) is 11.4. The Morgan fingerprint density at radius 2 is 2.37 bits per heavy atom. The van der Waals surface area contributed by atoms with E-state index in [1.165, 1.54) is 12.3 Å². The molecule has 0 radical (unpaired) electrons. The van der Waals surface area contributed by atoms with Crippen molar-refractivity contribution in [3.05, 3.63) is 28.3 Å². The topological polar surface area (TPSA) is 89.6 Å². The summed E-state index contributed by atoms with van der Waals surface area (Å²) in [6, 6.07) is 1.52. The number of oxazole rings is 1. The summed E-state index contributed by atoms with van der Waals surface area (Å²) >= 11 is 2.26. The van der Waals surface area contributed by atoms with E-state index in [1.807, 2.05) is 0 Å². The van der Waals surface area contributed by atoms with Crippen LogP contribution in [0.3, 0.4) is 0 Å². The number of rotatable bonds is 5. The number of ether oxygens (including phenoxy) is 1. The second kappa shape index (κ2) is 5.89. The third-order valence-electron chi connectivity index (χ3n) is 1.96. The van der Waals surface area contributed by atoms with Crippen molar-refractivity contribution >= 4 is 35.0 Å². The van der Waals surface area contributed by atoms with E-state index in [-0.39, 0.29) is 22.4 Å². The minimum absolute atomic E-state index is 0.0954. The lowest BCUT2D eigenvalue weighted by Gasteiger charge is -1.94. The van der Waals surface area contributed by atoms with Gasteiger partial charge in [0.05, 0.1) is 6.61 Å². The Bertz CT molecular complexity index is 604. The number of carbonyl (C=O) groups excluding carboxylic acids is 1. The standard InChI is InChI=1S/C11H9NO5S2/c1-2-16-10(15)7-4-17-11(12-7)19-6-3-8(9(13)14)18-5-6/h3-5H,2H2,1H3,(H,13,14). The van der Waals surface area contributed by atoms with Gasteiger partial charge in [0.2, 0.25) is 0 Å². The fraction of sp³-hybridized carbons (Fsp3) is 0.182. The maximum absolute atomic E-state index is 11.4. The summed E-state index contributed by atoms with van der Waals surface area (Å²) in [5.41, 5.74) is 0.0954. The molecule has 0 unspecified atom stereocenters. The first kappa shape index (κ1) is 13.6. The fourth-order valence-electron chi connectivity index (χ4n) is 1.19. The molecule has 0 aliphatic rings. The number of hydrogen-bond acceptors (Lipinski definition) is 7. The molecule has 1 N–H and O–H groups in total. The first-order chi connectivity index (χ1) is 9.10. The van der Waals surface area contributed by atoms with Crippen LogP contribution in [0, 0.1) is 0 Å². The van der Waals surface area contributed by atoms with E-state index in [2.05, 4.69) is 4.98 Å². The molecule has 0 fully saturated rings. The van der Waals surface area contributed by atoms with Crippen molar-refractivity contribution in [3.63, 3.8) is 0 Å². The third-order valence-corrected chi connectivity index (χ3v) is 3.86. The van der Waals surface area contributed by atoms with Crippen molar-refractivity contribution in [2.45, 2.75) is 17.0 Å². The maximum Gasteiger partial charge on any atom is 0.360 e. The Morgan fingerprint density at radius 3 is 3.00 bits per heavy atom. The van der Waals surface area contributed by atoms with Crippen LogP contribution in [0.15, 0.2) is 32.2 Å². The average molecular weight is 299 g/mol. The molecule has 2 aromatic heterocycles. The van der Waals surface area contributed by atoms with Gasteiger partial charge < -0.3 is 14.3 Å². The molecule has 0 spiro atoms. The molecule has 8 heteroatoms. The van der Waals surface area contributed by atoms with Gasteiger partial charge in [0.25, 0.3) is 5.22 Å². The summed E-state index contributed by atoms with van der Waals surface area (Å²) in [5, 5.41) is 10.7. The lowest BCUT2D eigenvalue weighted by molar-refractivity contribution is 0.0518. The van der Waals surface area contributed by atoms with Gasteiger partial charge in [-0.2, -0.15) is 4.98 Å². The normalized spacial score (nSPS) is 10.4. The van der Waals surface area contributed by atoms with Crippen LogP contribution in [0.2, 0.25) is 0 Å². The minimum atomic E-state index is -0.975. The van der Waals surface area contributed by atoms with Crippen LogP contribution in [0.25, 0.3) is 0 Å². The minimum Gasteiger partial charge on any atom is -0.477 e. The van der Waals surface area contributed by atoms with Gasteiger partial charge in [-0.3, -0.25) is 0 Å². The lowest BCUT2D eigenvalue weighted by atomic mass is 10.5. The van der Waals surface area contributed by atoms with E-state index in [9.17, 15) is 9.59 Å². The molecule has 2 rings (SSSR count). The second-order valence-corrected chi connectivity index (χ2v) is 5.21. The fourth-order valence-corrected chi connectivity index (χ4v) is 2.83. The molecule has 0 atom stereocenters. The highest BCUT2D eigenvalue weighted by Gasteiger charge is 2.15. The number of aromatic nitrogens is 1. The highest BCUT2D eigenvalue weighted by molar-refractivity contribution is 7.99. The largest absolute Gasteiger partial charge is 0.477 e. The Labute approximate surface area is 116 Å². The van der Waals surface area contributed by atoms with Crippen molar-refractivity contribution < 1.29 is 23.8 Å². The van der Waals surface area contributed by atoms with Gasteiger partial charge in [-0.1, -0.05) is 0 Å². The molecule has 6 nitrogen and oxygen atoms in total. The van der Waals surface area contributed by atoms with Crippen LogP contribution >= 0.6 is 23.1 Å². The summed E-state index contributed by atoms with van der Waals surface area (Å²) < 4.78 is 9.89. The van der Waals surface area contributed by atoms with Crippen LogP contribution in [0.1, 0.15) is 27.1 Å². The van der Waals surface area contributed by atoms with E-state index in [1.54, 1.807) is 12.3 Å². The van der Waals surface area contributed by atoms with Crippen LogP contribution in [-0.4, -0.2) is 28.6 Å². The van der Waals surface area contributed by atoms with Gasteiger partial charge in [0, 0.05) is 10.3 Å². The Balaban J connectivity index is 2.06. The van der Waals surface area contributed by atoms with Gasteiger partial charge in [0.15, 0.2) is 5.69 Å². The Kier molecular flexibility index (Phi) is 4.23. The number of nitrogens with zero attached hydrogens (tertiary/aromatic N) is 1. The number of carboxylic acids is 1. The van der Waals surface area contributed by atoms with E-state index >= 15 is 0 Å². The third kappa shape index (κ3) is 3.36. The number of esters is 1. The van der Waals surface area contributed by atoms with Crippen LogP contribution in [-0.2, 0) is 4.74 Å². The summed E-state index contributed by atoms with van der Waals surface area (Å²) in [6.07, 6.45) is 1.21. The molecule has 2 aromatic rings. The quantitative estimate of drug-likeness (QED) is 0.849. The first-order valence-electron chi connectivity index (χ1n) is 5.22. The SMILES string of the molecule is CCOC(=O)c1coc(Sc2csc(C(=O)O)c2)n1. The van der Waals surface area contributed by atoms with E-state index in [0.29, 0.717) is 4.90 Å². The Hall–Kier alpha value is -1.80. The monoisotopic (exact) mass is 299 g/mol. The first-order valence-corrected chi connectivity index (χ1v) is 6.92. The zero-order chi connectivity index (χ0) is 13.8. The maximum atomic E-state index is 11.4. The molecule has 0 saturated carbocycles. The molecule has 0 aliphatic heterocycles. The van der Waals surface area contributed by atoms with Crippen molar-refractivity contribution in [1.29, 1.82) is 0 Å². The van der Waals surface area contributed by atoms with Crippen molar-refractivity contribution in [1.82, 2.24) is 4.98 Å². The molecular formula is C11H9NO5S2. The number of carbonyl (C=O) groups is 2. The lowest BCUT2D eigenvalue weighted by Crippen LogP contribution is -2.04. The smallest absolute Gasteiger partial charge is 0.360 e. The predicted octanol–water partition coefficient (Wildman–Crippen LogP) is 2.76. The number of aromatic carboxylic acids is 1. The van der Waals surface area contributed by atoms with Crippen LogP contribution in [0.5, 0.6) is 0 Å². The van der Waals surface area contributed by atoms with E-state index < -0.39 is 11.9 Å². The van der Waals surface area contributed by atoms with Gasteiger partial charge >= 0.3 is 11.9 Å². The molecule has 0 aromatic carbocycles. The summed E-state index contributed by atoms with van der Waals surface area (Å²) in [5.74, 6) is -1.52. The number of hydrogen-bond donors (Lipinski definition) is 1.